The van der Waals surface area contributed by atoms with Crippen molar-refractivity contribution in [2.24, 2.45) is 27.9 Å². The summed E-state index contributed by atoms with van der Waals surface area (Å²) in [4.78, 5) is 52.4. The molecule has 5 atom stereocenters. The molecule has 0 rings (SSSR count). The molecule has 0 aliphatic rings. The lowest BCUT2D eigenvalue weighted by Crippen LogP contribution is -2.57. The predicted molar refractivity (Wildman–Crippen MR) is 122 cm³/mol. The second kappa shape index (κ2) is 15.8. The number of carbonyl (C=O) groups is 4. The Morgan fingerprint density at radius 2 is 1.45 bits per heavy atom. The minimum Gasteiger partial charge on any atom is -0.480 e. The molecule has 190 valence electrons. The van der Waals surface area contributed by atoms with Gasteiger partial charge in [0.1, 0.15) is 24.2 Å². The van der Waals surface area contributed by atoms with Crippen LogP contribution >= 0.6 is 0 Å². The molecule has 14 heteroatoms. The number of carbonyl (C=O) groups excluding carboxylic acids is 3. The fourth-order valence-corrected chi connectivity index (χ4v) is 2.69. The number of nitrogens with one attached hydrogen (secondary N) is 3. The Balaban J connectivity index is 5.02. The Morgan fingerprint density at radius 3 is 1.97 bits per heavy atom. The second-order valence-corrected chi connectivity index (χ2v) is 7.69. The van der Waals surface area contributed by atoms with Crippen LogP contribution in [0.3, 0.4) is 0 Å². The van der Waals surface area contributed by atoms with Gasteiger partial charge in [0.05, 0.1) is 6.10 Å². The molecule has 3 amide bonds. The van der Waals surface area contributed by atoms with Crippen molar-refractivity contribution in [3.05, 3.63) is 0 Å². The second-order valence-electron chi connectivity index (χ2n) is 7.69. The summed E-state index contributed by atoms with van der Waals surface area (Å²) in [7, 11) is 0. The summed E-state index contributed by atoms with van der Waals surface area (Å²) in [5, 5.41) is 26.1. The van der Waals surface area contributed by atoms with E-state index in [4.69, 9.17) is 22.9 Å². The molecule has 13 N–H and O–H groups in total. The van der Waals surface area contributed by atoms with E-state index in [9.17, 15) is 29.4 Å². The first-order valence-corrected chi connectivity index (χ1v) is 10.7. The summed E-state index contributed by atoms with van der Waals surface area (Å²) in [6.45, 7) is 3.32. The molecule has 0 saturated heterocycles. The van der Waals surface area contributed by atoms with Gasteiger partial charge in [0, 0.05) is 6.54 Å². The van der Waals surface area contributed by atoms with Gasteiger partial charge in [-0.15, -0.1) is 0 Å². The Kier molecular flexibility index (Phi) is 14.4. The summed E-state index contributed by atoms with van der Waals surface area (Å²) in [6.07, 6.45) is 0.636. The number of carboxylic acids is 1. The molecular formula is C19H38N8O6. The Hall–Kier alpha value is -2.97. The standard InChI is InChI=1S/C19H38N8O6/c1-10(15(29)27-13(18(32)33)7-5-9-24-19(22)23)25-16(30)12(6-3-4-8-20)26-17(31)14(21)11(2)28/h10-14,28H,3-9,20-21H2,1-2H3,(H,25,30)(H,26,31)(H,27,29)(H,32,33)(H4,22,23,24). The minimum absolute atomic E-state index is 0.0769. The average Bonchev–Trinajstić information content (AvgIpc) is 2.73. The number of aliphatic imine (C=N–C) groups is 1. The number of hydrogen-bond donors (Lipinski definition) is 9. The largest absolute Gasteiger partial charge is 0.480 e. The third kappa shape index (κ3) is 12.6. The van der Waals surface area contributed by atoms with E-state index in [0.29, 0.717) is 25.8 Å². The van der Waals surface area contributed by atoms with Crippen LogP contribution < -0.4 is 38.9 Å². The highest BCUT2D eigenvalue weighted by Gasteiger charge is 2.29. The minimum atomic E-state index is -1.24. The number of aliphatic carboxylic acids is 1. The quantitative estimate of drug-likeness (QED) is 0.0603. The number of nitrogens with two attached hydrogens (primary N) is 4. The number of unbranched alkanes of at least 4 members (excludes halogenated alkanes) is 1. The van der Waals surface area contributed by atoms with Crippen molar-refractivity contribution in [2.75, 3.05) is 13.1 Å². The first kappa shape index (κ1) is 30.0. The van der Waals surface area contributed by atoms with E-state index in [1.54, 1.807) is 0 Å². The van der Waals surface area contributed by atoms with Crippen molar-refractivity contribution < 1.29 is 29.4 Å². The topological polar surface area (TPSA) is 261 Å². The first-order valence-electron chi connectivity index (χ1n) is 10.7. The van der Waals surface area contributed by atoms with Crippen LogP contribution in [0.1, 0.15) is 46.0 Å². The van der Waals surface area contributed by atoms with Crippen LogP contribution in [-0.4, -0.2) is 83.2 Å². The molecule has 0 fully saturated rings. The molecule has 0 bridgehead atoms. The lowest BCUT2D eigenvalue weighted by atomic mass is 10.1. The number of hydrogen-bond acceptors (Lipinski definition) is 8. The number of aliphatic hydroxyl groups excluding tert-OH is 1. The van der Waals surface area contributed by atoms with E-state index in [2.05, 4.69) is 20.9 Å². The van der Waals surface area contributed by atoms with E-state index in [1.165, 1.54) is 13.8 Å². The van der Waals surface area contributed by atoms with Gasteiger partial charge >= 0.3 is 5.97 Å². The Labute approximate surface area is 192 Å². The number of carboxylic acid groups (broad SMARTS) is 1. The molecule has 0 aliphatic heterocycles. The third-order valence-corrected chi connectivity index (χ3v) is 4.71. The monoisotopic (exact) mass is 474 g/mol. The van der Waals surface area contributed by atoms with Crippen molar-refractivity contribution in [1.29, 1.82) is 0 Å². The highest BCUT2D eigenvalue weighted by Crippen LogP contribution is 2.04. The molecule has 0 heterocycles. The highest BCUT2D eigenvalue weighted by molar-refractivity contribution is 5.94. The molecular weight excluding hydrogens is 436 g/mol. The van der Waals surface area contributed by atoms with E-state index in [1.807, 2.05) is 0 Å². The number of nitrogens with zero attached hydrogens (tertiary/aromatic N) is 1. The fourth-order valence-electron chi connectivity index (χ4n) is 2.69. The Bertz CT molecular complexity index is 683. The zero-order valence-electron chi connectivity index (χ0n) is 19.1. The zero-order chi connectivity index (χ0) is 25.6. The number of aliphatic hydroxyl groups is 1. The van der Waals surface area contributed by atoms with Crippen LogP contribution in [0.25, 0.3) is 0 Å². The number of rotatable bonds is 16. The molecule has 0 spiro atoms. The zero-order valence-corrected chi connectivity index (χ0v) is 19.1. The van der Waals surface area contributed by atoms with Gasteiger partial charge in [-0.2, -0.15) is 0 Å². The first-order chi connectivity index (χ1) is 15.4. The molecule has 5 unspecified atom stereocenters. The molecule has 0 radical (unpaired) electrons. The van der Waals surface area contributed by atoms with Gasteiger partial charge in [-0.25, -0.2) is 4.79 Å². The number of amides is 3. The lowest BCUT2D eigenvalue weighted by molar-refractivity contribution is -0.142. The van der Waals surface area contributed by atoms with Crippen LogP contribution in [0.4, 0.5) is 0 Å². The summed E-state index contributed by atoms with van der Waals surface area (Å²) in [5.74, 6) is -3.46. The molecule has 14 nitrogen and oxygen atoms in total. The highest BCUT2D eigenvalue weighted by atomic mass is 16.4. The fraction of sp³-hybridized carbons (Fsp3) is 0.737. The van der Waals surface area contributed by atoms with Gasteiger partial charge in [0.2, 0.25) is 17.7 Å². The van der Waals surface area contributed by atoms with Crippen molar-refractivity contribution in [2.45, 2.75) is 76.2 Å². The Morgan fingerprint density at radius 1 is 0.879 bits per heavy atom. The van der Waals surface area contributed by atoms with E-state index >= 15 is 0 Å². The SMILES string of the molecule is CC(NC(=O)C(CCCCN)NC(=O)C(N)C(C)O)C(=O)NC(CCCN=C(N)N)C(=O)O. The van der Waals surface area contributed by atoms with Gasteiger partial charge in [-0.3, -0.25) is 19.4 Å². The van der Waals surface area contributed by atoms with E-state index < -0.39 is 54.0 Å². The van der Waals surface area contributed by atoms with Crippen LogP contribution in [0, 0.1) is 0 Å². The summed E-state index contributed by atoms with van der Waals surface area (Å²) < 4.78 is 0. The lowest BCUT2D eigenvalue weighted by Gasteiger charge is -2.24. The molecule has 0 aromatic rings. The molecule has 0 aromatic heterocycles. The van der Waals surface area contributed by atoms with Gasteiger partial charge in [0.25, 0.3) is 0 Å². The maximum Gasteiger partial charge on any atom is 0.326 e. The number of guanidine groups is 1. The van der Waals surface area contributed by atoms with Crippen molar-refractivity contribution in [1.82, 2.24) is 16.0 Å². The predicted octanol–water partition coefficient (Wildman–Crippen LogP) is -3.56. The average molecular weight is 475 g/mol. The van der Waals surface area contributed by atoms with Gasteiger partial charge in [-0.1, -0.05) is 0 Å². The van der Waals surface area contributed by atoms with Crippen molar-refractivity contribution >= 4 is 29.7 Å². The van der Waals surface area contributed by atoms with E-state index in [-0.39, 0.29) is 25.3 Å². The molecule has 0 saturated carbocycles. The van der Waals surface area contributed by atoms with Gasteiger partial charge in [-0.05, 0) is 52.5 Å². The molecule has 33 heavy (non-hydrogen) atoms. The third-order valence-electron chi connectivity index (χ3n) is 4.71. The summed E-state index contributed by atoms with van der Waals surface area (Å²) >= 11 is 0. The molecule has 0 aromatic carbocycles. The van der Waals surface area contributed by atoms with Gasteiger partial charge < -0.3 is 49.1 Å². The summed E-state index contributed by atoms with van der Waals surface area (Å²) in [6, 6.07) is -4.53. The van der Waals surface area contributed by atoms with Crippen LogP contribution in [0.15, 0.2) is 4.99 Å². The van der Waals surface area contributed by atoms with Crippen LogP contribution in [0.2, 0.25) is 0 Å². The maximum absolute atomic E-state index is 12.7. The van der Waals surface area contributed by atoms with Crippen molar-refractivity contribution in [3.63, 3.8) is 0 Å². The van der Waals surface area contributed by atoms with Crippen molar-refractivity contribution in [3.8, 4) is 0 Å². The smallest absolute Gasteiger partial charge is 0.326 e. The van der Waals surface area contributed by atoms with E-state index in [0.717, 1.165) is 0 Å². The van der Waals surface area contributed by atoms with Gasteiger partial charge in [0.15, 0.2) is 5.96 Å². The summed E-state index contributed by atoms with van der Waals surface area (Å²) in [5.41, 5.74) is 21.5. The maximum atomic E-state index is 12.7. The normalized spacial score (nSPS) is 15.3. The molecule has 0 aliphatic carbocycles. The van der Waals surface area contributed by atoms with Crippen LogP contribution in [0.5, 0.6) is 0 Å². The van der Waals surface area contributed by atoms with Crippen LogP contribution in [-0.2, 0) is 19.2 Å².